The molecule has 1 aromatic carbocycles. The molecule has 34 heavy (non-hydrogen) atoms. The molecule has 2 N–H and O–H groups in total. The zero-order valence-corrected chi connectivity index (χ0v) is 21.1. The van der Waals surface area contributed by atoms with Crippen LogP contribution in [0.25, 0.3) is 0 Å². The van der Waals surface area contributed by atoms with E-state index in [1.165, 1.54) is 26.8 Å². The van der Waals surface area contributed by atoms with Gasteiger partial charge >= 0.3 is 5.97 Å². The summed E-state index contributed by atoms with van der Waals surface area (Å²) in [5.74, 6) is -2.45. The van der Waals surface area contributed by atoms with Gasteiger partial charge in [-0.15, -0.1) is 0 Å². The summed E-state index contributed by atoms with van der Waals surface area (Å²) in [5.41, 5.74) is -1.77. The highest BCUT2D eigenvalue weighted by atomic mass is 79.9. The highest BCUT2D eigenvalue weighted by Gasteiger charge is 2.30. The first-order valence-electron chi connectivity index (χ1n) is 10.4. The molecule has 0 bridgehead atoms. The molecule has 1 amide bonds. The van der Waals surface area contributed by atoms with Gasteiger partial charge < -0.3 is 19.7 Å². The third-order valence-corrected chi connectivity index (χ3v) is 5.38. The Morgan fingerprint density at radius 3 is 2.56 bits per heavy atom. The number of amides is 1. The first-order valence-corrected chi connectivity index (χ1v) is 11.2. The standard InChI is InChI=1S/C22H27BrF2N4O5/c1-12(2)29(9-8-26-20(32)22(4,5)34-13(3)30)21-27-18(31)17(23)19(28-21)33-11-14-6-7-15(24)10-16(14)25/h6-7,10,12H,8-9,11H2,1-5H3,(H,26,32)(H,27,28,31). The fourth-order valence-electron chi connectivity index (χ4n) is 2.96. The Morgan fingerprint density at radius 1 is 1.29 bits per heavy atom. The van der Waals surface area contributed by atoms with E-state index in [0.717, 1.165) is 12.1 Å². The summed E-state index contributed by atoms with van der Waals surface area (Å²) in [6.07, 6.45) is 0. The van der Waals surface area contributed by atoms with E-state index < -0.39 is 34.7 Å². The van der Waals surface area contributed by atoms with Crippen LogP contribution in [-0.2, 0) is 20.9 Å². The Labute approximate surface area is 204 Å². The summed E-state index contributed by atoms with van der Waals surface area (Å²) in [4.78, 5) is 44.6. The molecule has 1 aromatic heterocycles. The van der Waals surface area contributed by atoms with Crippen molar-refractivity contribution in [1.29, 1.82) is 0 Å². The van der Waals surface area contributed by atoms with E-state index in [4.69, 9.17) is 9.47 Å². The minimum atomic E-state index is -1.34. The van der Waals surface area contributed by atoms with Crippen molar-refractivity contribution >= 4 is 33.8 Å². The van der Waals surface area contributed by atoms with Crippen LogP contribution in [0, 0.1) is 11.6 Å². The Morgan fingerprint density at radius 2 is 1.97 bits per heavy atom. The third kappa shape index (κ3) is 7.24. The maximum absolute atomic E-state index is 13.9. The Bertz CT molecular complexity index is 1110. The summed E-state index contributed by atoms with van der Waals surface area (Å²) >= 11 is 3.12. The number of anilines is 1. The van der Waals surface area contributed by atoms with Crippen LogP contribution < -0.4 is 20.5 Å². The number of esters is 1. The second-order valence-corrected chi connectivity index (χ2v) is 8.97. The summed E-state index contributed by atoms with van der Waals surface area (Å²) in [5, 5.41) is 2.69. The van der Waals surface area contributed by atoms with E-state index in [1.54, 1.807) is 4.90 Å². The number of carbonyl (C=O) groups is 2. The Balaban J connectivity index is 2.16. The van der Waals surface area contributed by atoms with Crippen LogP contribution >= 0.6 is 15.9 Å². The third-order valence-electron chi connectivity index (χ3n) is 4.68. The smallest absolute Gasteiger partial charge is 0.303 e. The summed E-state index contributed by atoms with van der Waals surface area (Å²) in [7, 11) is 0. The molecule has 0 unspecified atom stereocenters. The van der Waals surface area contributed by atoms with Crippen LogP contribution in [0.5, 0.6) is 5.88 Å². The topological polar surface area (TPSA) is 114 Å². The number of carbonyl (C=O) groups excluding carboxylic acids is 2. The van der Waals surface area contributed by atoms with Crippen LogP contribution in [-0.4, -0.2) is 46.6 Å². The lowest BCUT2D eigenvalue weighted by Crippen LogP contribution is -2.48. The van der Waals surface area contributed by atoms with Crippen LogP contribution in [0.1, 0.15) is 40.2 Å². The van der Waals surface area contributed by atoms with E-state index in [2.05, 4.69) is 31.2 Å². The normalized spacial score (nSPS) is 11.3. The van der Waals surface area contributed by atoms with E-state index >= 15 is 0 Å². The minimum Gasteiger partial charge on any atom is -0.472 e. The highest BCUT2D eigenvalue weighted by Crippen LogP contribution is 2.23. The summed E-state index contributed by atoms with van der Waals surface area (Å²) in [6.45, 7) is 8.05. The second-order valence-electron chi connectivity index (χ2n) is 8.18. The average molecular weight is 545 g/mol. The molecule has 1 heterocycles. The Hall–Kier alpha value is -3.02. The molecule has 0 fully saturated rings. The highest BCUT2D eigenvalue weighted by molar-refractivity contribution is 9.10. The minimum absolute atomic E-state index is 0.0129. The van der Waals surface area contributed by atoms with Crippen molar-refractivity contribution in [3.05, 3.63) is 50.2 Å². The Kier molecular flexibility index (Phi) is 9.14. The molecule has 0 aliphatic rings. The molecule has 12 heteroatoms. The number of rotatable bonds is 10. The average Bonchev–Trinajstić information content (AvgIpc) is 2.71. The maximum atomic E-state index is 13.9. The van der Waals surface area contributed by atoms with E-state index in [-0.39, 0.29) is 47.6 Å². The van der Waals surface area contributed by atoms with Gasteiger partial charge in [-0.3, -0.25) is 19.4 Å². The molecule has 0 aliphatic heterocycles. The molecule has 0 aliphatic carbocycles. The van der Waals surface area contributed by atoms with Crippen molar-refractivity contribution in [2.45, 2.75) is 52.9 Å². The van der Waals surface area contributed by atoms with Gasteiger partial charge in [-0.2, -0.15) is 4.98 Å². The maximum Gasteiger partial charge on any atom is 0.303 e. The number of nitrogens with zero attached hydrogens (tertiary/aromatic N) is 2. The first kappa shape index (κ1) is 27.2. The van der Waals surface area contributed by atoms with Gasteiger partial charge in [0.1, 0.15) is 22.7 Å². The van der Waals surface area contributed by atoms with Gasteiger partial charge in [-0.1, -0.05) is 0 Å². The van der Waals surface area contributed by atoms with Crippen molar-refractivity contribution in [2.24, 2.45) is 0 Å². The number of aromatic nitrogens is 2. The molecule has 2 aromatic rings. The van der Waals surface area contributed by atoms with Crippen molar-refractivity contribution in [3.8, 4) is 5.88 Å². The first-order chi connectivity index (χ1) is 15.8. The fraction of sp³-hybridized carbons (Fsp3) is 0.455. The van der Waals surface area contributed by atoms with Crippen LogP contribution in [0.3, 0.4) is 0 Å². The summed E-state index contributed by atoms with van der Waals surface area (Å²) in [6, 6.07) is 2.95. The number of nitrogens with one attached hydrogen (secondary N) is 2. The van der Waals surface area contributed by atoms with Crippen molar-refractivity contribution < 1.29 is 27.8 Å². The number of hydrogen-bond acceptors (Lipinski definition) is 7. The van der Waals surface area contributed by atoms with E-state index in [0.29, 0.717) is 0 Å². The number of ether oxygens (including phenoxy) is 2. The lowest BCUT2D eigenvalue weighted by Gasteiger charge is -2.29. The van der Waals surface area contributed by atoms with Gasteiger partial charge in [0, 0.05) is 37.7 Å². The molecule has 2 rings (SSSR count). The number of H-pyrrole nitrogens is 1. The molecule has 0 spiro atoms. The number of aromatic amines is 1. The molecule has 0 atom stereocenters. The SMILES string of the molecule is CC(=O)OC(C)(C)C(=O)NCCN(c1nc(OCc2ccc(F)cc2F)c(Br)c(=O)[nH]1)C(C)C. The zero-order valence-electron chi connectivity index (χ0n) is 19.5. The molecular weight excluding hydrogens is 518 g/mol. The predicted octanol–water partition coefficient (Wildman–Crippen LogP) is 3.06. The van der Waals surface area contributed by atoms with Crippen LogP contribution in [0.15, 0.2) is 27.5 Å². The second kappa shape index (κ2) is 11.4. The monoisotopic (exact) mass is 544 g/mol. The lowest BCUT2D eigenvalue weighted by molar-refractivity contribution is -0.162. The van der Waals surface area contributed by atoms with Gasteiger partial charge in [0.05, 0.1) is 0 Å². The molecule has 0 radical (unpaired) electrons. The number of halogens is 3. The fourth-order valence-corrected chi connectivity index (χ4v) is 3.26. The van der Waals surface area contributed by atoms with Crippen molar-refractivity contribution in [3.63, 3.8) is 0 Å². The number of benzene rings is 1. The molecule has 0 saturated heterocycles. The number of hydrogen-bond donors (Lipinski definition) is 2. The molecular formula is C22H27BrF2N4O5. The van der Waals surface area contributed by atoms with Gasteiger partial charge in [0.25, 0.3) is 11.5 Å². The zero-order chi connectivity index (χ0) is 25.6. The van der Waals surface area contributed by atoms with E-state index in [1.807, 2.05) is 13.8 Å². The largest absolute Gasteiger partial charge is 0.472 e. The molecule has 186 valence electrons. The summed E-state index contributed by atoms with van der Waals surface area (Å²) < 4.78 is 37.6. The van der Waals surface area contributed by atoms with Gasteiger partial charge in [-0.05, 0) is 55.8 Å². The van der Waals surface area contributed by atoms with Crippen molar-refractivity contribution in [2.75, 3.05) is 18.0 Å². The lowest BCUT2D eigenvalue weighted by atomic mass is 10.1. The van der Waals surface area contributed by atoms with Gasteiger partial charge in [-0.25, -0.2) is 8.78 Å². The van der Waals surface area contributed by atoms with Gasteiger partial charge in [0.2, 0.25) is 11.8 Å². The molecule has 9 nitrogen and oxygen atoms in total. The predicted molar refractivity (Wildman–Crippen MR) is 125 cm³/mol. The van der Waals surface area contributed by atoms with E-state index in [9.17, 15) is 23.2 Å². The van der Waals surface area contributed by atoms with Crippen LogP contribution in [0.2, 0.25) is 0 Å². The van der Waals surface area contributed by atoms with Crippen molar-refractivity contribution in [1.82, 2.24) is 15.3 Å². The quantitative estimate of drug-likeness (QED) is 0.442. The van der Waals surface area contributed by atoms with Crippen LogP contribution in [0.4, 0.5) is 14.7 Å². The van der Waals surface area contributed by atoms with Gasteiger partial charge in [0.15, 0.2) is 5.60 Å². The molecule has 0 saturated carbocycles.